The van der Waals surface area contributed by atoms with E-state index in [0.717, 1.165) is 5.56 Å². The van der Waals surface area contributed by atoms with Crippen molar-refractivity contribution < 1.29 is 17.6 Å². The highest BCUT2D eigenvalue weighted by atomic mass is 32.2. The molecule has 0 aromatic heterocycles. The summed E-state index contributed by atoms with van der Waals surface area (Å²) in [5.41, 5.74) is 1.26. The summed E-state index contributed by atoms with van der Waals surface area (Å²) in [5.74, 6) is -1.94. The molecule has 1 atom stereocenters. The van der Waals surface area contributed by atoms with Crippen molar-refractivity contribution in [2.24, 2.45) is 0 Å². The molecule has 0 N–H and O–H groups in total. The maximum atomic E-state index is 13.2. The third kappa shape index (κ3) is 4.89. The first-order valence-corrected chi connectivity index (χ1v) is 9.36. The van der Waals surface area contributed by atoms with E-state index >= 15 is 0 Å². The molecular formula is C18H20FNO3S. The minimum absolute atomic E-state index is 0.233. The Labute approximate surface area is 141 Å². The number of benzene rings is 2. The van der Waals surface area contributed by atoms with E-state index in [2.05, 4.69) is 0 Å². The summed E-state index contributed by atoms with van der Waals surface area (Å²) >= 11 is 0. The van der Waals surface area contributed by atoms with Gasteiger partial charge in [0.2, 0.25) is 5.91 Å². The van der Waals surface area contributed by atoms with Crippen LogP contribution in [0, 0.1) is 5.82 Å². The smallest absolute Gasteiger partial charge is 0.238 e. The van der Waals surface area contributed by atoms with Gasteiger partial charge in [0.15, 0.2) is 9.84 Å². The van der Waals surface area contributed by atoms with Gasteiger partial charge in [0.25, 0.3) is 0 Å². The Morgan fingerprint density at radius 2 is 1.79 bits per heavy atom. The lowest BCUT2D eigenvalue weighted by atomic mass is 10.1. The van der Waals surface area contributed by atoms with Crippen molar-refractivity contribution >= 4 is 15.7 Å². The van der Waals surface area contributed by atoms with Gasteiger partial charge in [0.05, 0.1) is 11.8 Å². The van der Waals surface area contributed by atoms with Crippen LogP contribution >= 0.6 is 0 Å². The summed E-state index contributed by atoms with van der Waals surface area (Å²) in [6.07, 6.45) is 0. The van der Waals surface area contributed by atoms with Gasteiger partial charge in [-0.25, -0.2) is 12.8 Å². The molecule has 128 valence electrons. The molecule has 0 fully saturated rings. The van der Waals surface area contributed by atoms with E-state index in [1.165, 1.54) is 29.2 Å². The van der Waals surface area contributed by atoms with Crippen LogP contribution in [0.5, 0.6) is 0 Å². The summed E-state index contributed by atoms with van der Waals surface area (Å²) in [5, 5.41) is 0. The molecule has 0 aliphatic carbocycles. The molecule has 0 spiro atoms. The number of halogens is 1. The molecule has 2 aromatic rings. The van der Waals surface area contributed by atoms with Crippen LogP contribution in [-0.4, -0.2) is 32.0 Å². The molecule has 1 amide bonds. The number of carbonyl (C=O) groups excluding carboxylic acids is 1. The molecule has 0 unspecified atom stereocenters. The Morgan fingerprint density at radius 1 is 1.12 bits per heavy atom. The molecular weight excluding hydrogens is 329 g/mol. The van der Waals surface area contributed by atoms with Crippen molar-refractivity contribution in [3.8, 4) is 0 Å². The molecule has 0 aliphatic rings. The van der Waals surface area contributed by atoms with Crippen LogP contribution in [0.15, 0.2) is 54.6 Å². The second-order valence-corrected chi connectivity index (χ2v) is 7.82. The normalized spacial score (nSPS) is 12.6. The van der Waals surface area contributed by atoms with Crippen molar-refractivity contribution in [2.75, 3.05) is 12.8 Å². The third-order valence-corrected chi connectivity index (χ3v) is 5.34. The second-order valence-electron chi connectivity index (χ2n) is 5.75. The van der Waals surface area contributed by atoms with Gasteiger partial charge in [-0.15, -0.1) is 0 Å². The zero-order valence-corrected chi connectivity index (χ0v) is 14.5. The average molecular weight is 349 g/mol. The molecule has 24 heavy (non-hydrogen) atoms. The number of hydrogen-bond acceptors (Lipinski definition) is 3. The van der Waals surface area contributed by atoms with Crippen molar-refractivity contribution in [3.63, 3.8) is 0 Å². The lowest BCUT2D eigenvalue weighted by molar-refractivity contribution is -0.129. The number of nitrogens with zero attached hydrogens (tertiary/aromatic N) is 1. The van der Waals surface area contributed by atoms with Gasteiger partial charge < -0.3 is 4.90 Å². The van der Waals surface area contributed by atoms with Crippen molar-refractivity contribution in [1.82, 2.24) is 4.90 Å². The highest BCUT2D eigenvalue weighted by Crippen LogP contribution is 2.19. The van der Waals surface area contributed by atoms with Crippen LogP contribution in [0.2, 0.25) is 0 Å². The largest absolute Gasteiger partial charge is 0.338 e. The van der Waals surface area contributed by atoms with Crippen LogP contribution in [0.4, 0.5) is 4.39 Å². The lowest BCUT2D eigenvalue weighted by Crippen LogP contribution is -2.34. The summed E-state index contributed by atoms with van der Waals surface area (Å²) in [6, 6.07) is 14.5. The fraction of sp³-hybridized carbons (Fsp3) is 0.278. The monoisotopic (exact) mass is 349 g/mol. The first-order valence-electron chi connectivity index (χ1n) is 7.54. The van der Waals surface area contributed by atoms with Crippen molar-refractivity contribution in [1.29, 1.82) is 0 Å². The molecule has 0 bridgehead atoms. The minimum atomic E-state index is -3.67. The highest BCUT2D eigenvalue weighted by molar-refractivity contribution is 7.91. The first-order chi connectivity index (χ1) is 11.3. The lowest BCUT2D eigenvalue weighted by Gasteiger charge is -2.25. The first kappa shape index (κ1) is 18.1. The molecule has 2 rings (SSSR count). The van der Waals surface area contributed by atoms with Gasteiger partial charge >= 0.3 is 0 Å². The highest BCUT2D eigenvalue weighted by Gasteiger charge is 2.23. The molecule has 6 heteroatoms. The molecule has 0 radical (unpaired) electrons. The van der Waals surface area contributed by atoms with Gasteiger partial charge in [-0.1, -0.05) is 42.5 Å². The number of hydrogen-bond donors (Lipinski definition) is 0. The quantitative estimate of drug-likeness (QED) is 0.806. The van der Waals surface area contributed by atoms with Crippen LogP contribution in [0.1, 0.15) is 24.1 Å². The Bertz CT molecular complexity index is 806. The zero-order chi connectivity index (χ0) is 17.7. The van der Waals surface area contributed by atoms with Crippen LogP contribution < -0.4 is 0 Å². The van der Waals surface area contributed by atoms with E-state index in [0.29, 0.717) is 5.56 Å². The van der Waals surface area contributed by atoms with E-state index in [-0.39, 0.29) is 11.8 Å². The van der Waals surface area contributed by atoms with Crippen molar-refractivity contribution in [2.45, 2.75) is 18.7 Å². The van der Waals surface area contributed by atoms with Gasteiger partial charge in [0, 0.05) is 7.05 Å². The Balaban J connectivity index is 2.04. The summed E-state index contributed by atoms with van der Waals surface area (Å²) in [7, 11) is -2.09. The minimum Gasteiger partial charge on any atom is -0.338 e. The molecule has 4 nitrogen and oxygen atoms in total. The SMILES string of the molecule is C[C@@H](c1ccccc1)N(C)C(=O)CS(=O)(=O)Cc1cccc(F)c1. The van der Waals surface area contributed by atoms with Gasteiger partial charge in [0.1, 0.15) is 11.6 Å². The summed E-state index contributed by atoms with van der Waals surface area (Å²) in [6.45, 7) is 1.84. The molecule has 0 saturated carbocycles. The van der Waals surface area contributed by atoms with Gasteiger partial charge in [-0.05, 0) is 30.2 Å². The molecule has 0 heterocycles. The van der Waals surface area contributed by atoms with E-state index in [1.807, 2.05) is 37.3 Å². The summed E-state index contributed by atoms with van der Waals surface area (Å²) < 4.78 is 37.6. The standard InChI is InChI=1S/C18H20FNO3S/c1-14(16-8-4-3-5-9-16)20(2)18(21)13-24(22,23)12-15-7-6-10-17(19)11-15/h3-11,14H,12-13H2,1-2H3/t14-/m0/s1. The van der Waals surface area contributed by atoms with Crippen LogP contribution in [0.25, 0.3) is 0 Å². The Morgan fingerprint density at radius 3 is 2.42 bits per heavy atom. The fourth-order valence-corrected chi connectivity index (χ4v) is 3.76. The van der Waals surface area contributed by atoms with Gasteiger partial charge in [-0.3, -0.25) is 4.79 Å². The maximum absolute atomic E-state index is 13.2. The Kier molecular flexibility index (Phi) is 5.72. The third-order valence-electron chi connectivity index (χ3n) is 3.88. The number of carbonyl (C=O) groups is 1. The topological polar surface area (TPSA) is 54.5 Å². The fourth-order valence-electron chi connectivity index (χ4n) is 2.39. The number of amides is 1. The summed E-state index contributed by atoms with van der Waals surface area (Å²) in [4.78, 5) is 13.7. The van der Waals surface area contributed by atoms with E-state index in [1.54, 1.807) is 7.05 Å². The zero-order valence-electron chi connectivity index (χ0n) is 13.6. The maximum Gasteiger partial charge on any atom is 0.238 e. The Hall–Kier alpha value is -2.21. The van der Waals surface area contributed by atoms with E-state index in [9.17, 15) is 17.6 Å². The second kappa shape index (κ2) is 7.57. The molecule has 2 aromatic carbocycles. The molecule has 0 saturated heterocycles. The predicted molar refractivity (Wildman–Crippen MR) is 91.5 cm³/mol. The van der Waals surface area contributed by atoms with Gasteiger partial charge in [-0.2, -0.15) is 0 Å². The van der Waals surface area contributed by atoms with Crippen molar-refractivity contribution in [3.05, 3.63) is 71.5 Å². The molecule has 0 aliphatic heterocycles. The number of rotatable bonds is 6. The van der Waals surface area contributed by atoms with Crippen LogP contribution in [-0.2, 0) is 20.4 Å². The van der Waals surface area contributed by atoms with Crippen LogP contribution in [0.3, 0.4) is 0 Å². The number of sulfone groups is 1. The average Bonchev–Trinajstić information content (AvgIpc) is 2.53. The van der Waals surface area contributed by atoms with E-state index in [4.69, 9.17) is 0 Å². The van der Waals surface area contributed by atoms with E-state index < -0.39 is 27.3 Å². The predicted octanol–water partition coefficient (Wildman–Crippen LogP) is 2.96.